The van der Waals surface area contributed by atoms with Gasteiger partial charge in [0.05, 0.1) is 11.1 Å². The number of primary sulfonamides is 1. The molecule has 0 saturated heterocycles. The number of aromatic nitrogens is 3. The molecule has 8 nitrogen and oxygen atoms in total. The van der Waals surface area contributed by atoms with Gasteiger partial charge in [0, 0.05) is 5.56 Å². The number of carboxylic acids is 1. The Balaban J connectivity index is 2.34. The molecule has 9 heteroatoms. The highest BCUT2D eigenvalue weighted by molar-refractivity contribution is 7.89. The fourth-order valence-electron chi connectivity index (χ4n) is 2.06. The predicted molar refractivity (Wildman–Crippen MR) is 78.3 cm³/mol. The SMILES string of the molecule is CC(C)C(C(=O)O)n1cc(-c2ccc(S(N)(=O)=O)cc2)nn1. The number of carboxylic acid groups (broad SMARTS) is 1. The third kappa shape index (κ3) is 3.31. The van der Waals surface area contributed by atoms with Gasteiger partial charge in [0.15, 0.2) is 6.04 Å². The normalized spacial score (nSPS) is 13.3. The third-order valence-electron chi connectivity index (χ3n) is 3.16. The number of hydrogen-bond donors (Lipinski definition) is 2. The first-order valence-corrected chi connectivity index (χ1v) is 8.02. The van der Waals surface area contributed by atoms with E-state index in [4.69, 9.17) is 5.14 Å². The van der Waals surface area contributed by atoms with Gasteiger partial charge in [-0.3, -0.25) is 0 Å². The highest BCUT2D eigenvalue weighted by Crippen LogP contribution is 2.22. The van der Waals surface area contributed by atoms with E-state index in [1.165, 1.54) is 23.0 Å². The van der Waals surface area contributed by atoms with Crippen LogP contribution in [0.5, 0.6) is 0 Å². The number of nitrogens with zero attached hydrogens (tertiary/aromatic N) is 3. The number of sulfonamides is 1. The second-order valence-electron chi connectivity index (χ2n) is 5.18. The van der Waals surface area contributed by atoms with Crippen LogP contribution in [-0.2, 0) is 14.8 Å². The summed E-state index contributed by atoms with van der Waals surface area (Å²) in [6.45, 7) is 3.56. The summed E-state index contributed by atoms with van der Waals surface area (Å²) in [5, 5.41) is 22.0. The molecule has 1 heterocycles. The van der Waals surface area contributed by atoms with E-state index >= 15 is 0 Å². The minimum atomic E-state index is -3.75. The summed E-state index contributed by atoms with van der Waals surface area (Å²) in [7, 11) is -3.75. The van der Waals surface area contributed by atoms with Crippen LogP contribution in [-0.4, -0.2) is 34.5 Å². The molecule has 118 valence electrons. The number of aliphatic carboxylic acids is 1. The van der Waals surface area contributed by atoms with Crippen molar-refractivity contribution in [1.82, 2.24) is 15.0 Å². The van der Waals surface area contributed by atoms with Crippen LogP contribution in [0.1, 0.15) is 19.9 Å². The Labute approximate surface area is 127 Å². The molecule has 0 radical (unpaired) electrons. The van der Waals surface area contributed by atoms with Crippen LogP contribution in [0.25, 0.3) is 11.3 Å². The fourth-order valence-corrected chi connectivity index (χ4v) is 2.58. The van der Waals surface area contributed by atoms with Crippen LogP contribution in [0.4, 0.5) is 0 Å². The monoisotopic (exact) mass is 324 g/mol. The Morgan fingerprint density at radius 3 is 2.32 bits per heavy atom. The van der Waals surface area contributed by atoms with Crippen LogP contribution in [0.3, 0.4) is 0 Å². The number of carbonyl (C=O) groups is 1. The van der Waals surface area contributed by atoms with Gasteiger partial charge in [-0.2, -0.15) is 0 Å². The van der Waals surface area contributed by atoms with E-state index in [-0.39, 0.29) is 10.8 Å². The van der Waals surface area contributed by atoms with Gasteiger partial charge in [0.1, 0.15) is 5.69 Å². The molecule has 0 aliphatic heterocycles. The average molecular weight is 324 g/mol. The molecule has 22 heavy (non-hydrogen) atoms. The number of rotatable bonds is 5. The summed E-state index contributed by atoms with van der Waals surface area (Å²) in [4.78, 5) is 11.3. The maximum Gasteiger partial charge on any atom is 0.328 e. The van der Waals surface area contributed by atoms with Crippen molar-refractivity contribution in [3.05, 3.63) is 30.5 Å². The van der Waals surface area contributed by atoms with E-state index in [0.29, 0.717) is 11.3 Å². The van der Waals surface area contributed by atoms with E-state index in [2.05, 4.69) is 10.3 Å². The highest BCUT2D eigenvalue weighted by atomic mass is 32.2. The summed E-state index contributed by atoms with van der Waals surface area (Å²) in [5.41, 5.74) is 1.07. The number of benzene rings is 1. The van der Waals surface area contributed by atoms with Crippen LogP contribution < -0.4 is 5.14 Å². The van der Waals surface area contributed by atoms with Crippen molar-refractivity contribution in [1.29, 1.82) is 0 Å². The smallest absolute Gasteiger partial charge is 0.328 e. The third-order valence-corrected chi connectivity index (χ3v) is 4.09. The van der Waals surface area contributed by atoms with Gasteiger partial charge in [-0.25, -0.2) is 23.0 Å². The Hall–Kier alpha value is -2.26. The first-order chi connectivity index (χ1) is 10.2. The molecule has 3 N–H and O–H groups in total. The summed E-state index contributed by atoms with van der Waals surface area (Å²) >= 11 is 0. The molecule has 0 aliphatic carbocycles. The van der Waals surface area contributed by atoms with Crippen molar-refractivity contribution in [3.8, 4) is 11.3 Å². The van der Waals surface area contributed by atoms with Gasteiger partial charge in [0.2, 0.25) is 10.0 Å². The van der Waals surface area contributed by atoms with Gasteiger partial charge in [-0.15, -0.1) is 5.10 Å². The second kappa shape index (κ2) is 5.85. The van der Waals surface area contributed by atoms with Crippen molar-refractivity contribution in [3.63, 3.8) is 0 Å². The van der Waals surface area contributed by atoms with Crippen molar-refractivity contribution >= 4 is 16.0 Å². The molecule has 1 aromatic carbocycles. The molecule has 2 rings (SSSR count). The van der Waals surface area contributed by atoms with Gasteiger partial charge in [-0.05, 0) is 18.1 Å². The van der Waals surface area contributed by atoms with Crippen LogP contribution >= 0.6 is 0 Å². The Morgan fingerprint density at radius 1 is 1.27 bits per heavy atom. The zero-order chi connectivity index (χ0) is 16.5. The minimum absolute atomic E-state index is 0.00534. The van der Waals surface area contributed by atoms with E-state index in [1.54, 1.807) is 26.0 Å². The molecule has 0 aliphatic rings. The predicted octanol–water partition coefficient (Wildman–Crippen LogP) is 0.874. The molecule has 1 unspecified atom stereocenters. The van der Waals surface area contributed by atoms with Crippen molar-refractivity contribution in [2.45, 2.75) is 24.8 Å². The quantitative estimate of drug-likeness (QED) is 0.840. The standard InChI is InChI=1S/C13H16N4O4S/c1-8(2)12(13(18)19)17-7-11(15-16-17)9-3-5-10(6-4-9)22(14,20)21/h3-8,12H,1-2H3,(H,18,19)(H2,14,20,21). The molecule has 0 spiro atoms. The molecule has 0 amide bonds. The molecular formula is C13H16N4O4S. The van der Waals surface area contributed by atoms with Crippen molar-refractivity contribution < 1.29 is 18.3 Å². The molecule has 1 atom stereocenters. The van der Waals surface area contributed by atoms with Crippen LogP contribution in [0.15, 0.2) is 35.4 Å². The lowest BCUT2D eigenvalue weighted by molar-refractivity contribution is -0.142. The van der Waals surface area contributed by atoms with E-state index in [0.717, 1.165) is 0 Å². The van der Waals surface area contributed by atoms with Gasteiger partial charge in [-0.1, -0.05) is 31.2 Å². The lowest BCUT2D eigenvalue weighted by Gasteiger charge is -2.15. The summed E-state index contributed by atoms with van der Waals surface area (Å²) in [5.74, 6) is -1.15. The van der Waals surface area contributed by atoms with Crippen LogP contribution in [0, 0.1) is 5.92 Å². The fraction of sp³-hybridized carbons (Fsp3) is 0.308. The Bertz CT molecular complexity index is 781. The summed E-state index contributed by atoms with van der Waals surface area (Å²) in [6, 6.07) is 4.99. The lowest BCUT2D eigenvalue weighted by Crippen LogP contribution is -2.24. The lowest BCUT2D eigenvalue weighted by atomic mass is 10.1. The van der Waals surface area contributed by atoms with Gasteiger partial charge < -0.3 is 5.11 Å². The second-order valence-corrected chi connectivity index (χ2v) is 6.74. The molecule has 0 fully saturated rings. The molecule has 0 bridgehead atoms. The number of hydrogen-bond acceptors (Lipinski definition) is 5. The van der Waals surface area contributed by atoms with Gasteiger partial charge in [0.25, 0.3) is 0 Å². The largest absolute Gasteiger partial charge is 0.480 e. The molecule has 1 aromatic heterocycles. The molecule has 0 saturated carbocycles. The van der Waals surface area contributed by atoms with Crippen LogP contribution in [0.2, 0.25) is 0 Å². The van der Waals surface area contributed by atoms with Gasteiger partial charge >= 0.3 is 5.97 Å². The zero-order valence-electron chi connectivity index (χ0n) is 12.0. The zero-order valence-corrected chi connectivity index (χ0v) is 12.9. The Kier molecular flexibility index (Phi) is 4.29. The maximum absolute atomic E-state index is 11.3. The van der Waals surface area contributed by atoms with E-state index in [9.17, 15) is 18.3 Å². The Morgan fingerprint density at radius 2 is 1.86 bits per heavy atom. The minimum Gasteiger partial charge on any atom is -0.480 e. The topological polar surface area (TPSA) is 128 Å². The first kappa shape index (κ1) is 16.1. The maximum atomic E-state index is 11.3. The van der Waals surface area contributed by atoms with E-state index < -0.39 is 22.0 Å². The highest BCUT2D eigenvalue weighted by Gasteiger charge is 2.25. The summed E-state index contributed by atoms with van der Waals surface area (Å²) < 4.78 is 23.7. The van der Waals surface area contributed by atoms with Crippen molar-refractivity contribution in [2.24, 2.45) is 11.1 Å². The molecular weight excluding hydrogens is 308 g/mol. The average Bonchev–Trinajstić information content (AvgIpc) is 2.86. The molecule has 2 aromatic rings. The number of nitrogens with two attached hydrogens (primary N) is 1. The van der Waals surface area contributed by atoms with Crippen molar-refractivity contribution in [2.75, 3.05) is 0 Å². The first-order valence-electron chi connectivity index (χ1n) is 6.48. The summed E-state index contributed by atoms with van der Waals surface area (Å²) in [6.07, 6.45) is 1.52. The van der Waals surface area contributed by atoms with E-state index in [1.807, 2.05) is 0 Å².